The van der Waals surface area contributed by atoms with Gasteiger partial charge < -0.3 is 13.6 Å². The van der Waals surface area contributed by atoms with E-state index in [0.29, 0.717) is 0 Å². The van der Waals surface area contributed by atoms with Crippen molar-refractivity contribution in [3.8, 4) is 55.9 Å². The average molecular weight is 1030 g/mol. The molecule has 0 unspecified atom stereocenters. The van der Waals surface area contributed by atoms with Crippen LogP contribution in [0.15, 0.2) is 277 Å². The SMILES string of the molecule is CC1(C)c2ccccc2-c2c(Cc3cccc(-c4ccccc4)c3)cccc21.Cc1cccc2oc3ccc(-c4ccc5c(c4)c4cc(-c6ccc7c8ccccc8n(-c8ccccc8)c7c6)ccc4n5-c4ccccc4)cc3c12. The quantitative estimate of drug-likeness (QED) is 0.156. The van der Waals surface area contributed by atoms with E-state index in [1.807, 2.05) is 0 Å². The number of nitrogens with zero attached hydrogens (tertiary/aromatic N) is 2. The van der Waals surface area contributed by atoms with E-state index in [0.717, 1.165) is 34.3 Å². The van der Waals surface area contributed by atoms with Crippen molar-refractivity contribution in [2.24, 2.45) is 0 Å². The number of furan rings is 1. The first kappa shape index (κ1) is 47.3. The highest BCUT2D eigenvalue weighted by molar-refractivity contribution is 6.14. The molecule has 0 amide bonds. The normalized spacial score (nSPS) is 12.6. The van der Waals surface area contributed by atoms with E-state index in [1.165, 1.54) is 121 Å². The molecule has 3 aromatic heterocycles. The van der Waals surface area contributed by atoms with E-state index >= 15 is 0 Å². The Morgan fingerprint density at radius 1 is 0.350 bits per heavy atom. The Hall–Kier alpha value is -9.96. The highest BCUT2D eigenvalue weighted by Gasteiger charge is 2.36. The van der Waals surface area contributed by atoms with Crippen LogP contribution in [0.25, 0.3) is 121 Å². The van der Waals surface area contributed by atoms with Crippen molar-refractivity contribution >= 4 is 65.6 Å². The largest absolute Gasteiger partial charge is 0.456 e. The van der Waals surface area contributed by atoms with Crippen LogP contribution in [0.4, 0.5) is 0 Å². The molecule has 0 atom stereocenters. The summed E-state index contributed by atoms with van der Waals surface area (Å²) in [5, 5.41) is 7.32. The van der Waals surface area contributed by atoms with Crippen LogP contribution in [0.5, 0.6) is 0 Å². The molecular weight excluding hydrogens is 969 g/mol. The lowest BCUT2D eigenvalue weighted by atomic mass is 9.82. The average Bonchev–Trinajstić information content (AvgIpc) is 4.34. The third-order valence-corrected chi connectivity index (χ3v) is 17.0. The number of aryl methyl sites for hydroxylation is 1. The van der Waals surface area contributed by atoms with Crippen molar-refractivity contribution in [2.75, 3.05) is 0 Å². The summed E-state index contributed by atoms with van der Waals surface area (Å²) in [6, 6.07) is 99.1. The molecule has 0 fully saturated rings. The van der Waals surface area contributed by atoms with Crippen molar-refractivity contribution in [3.63, 3.8) is 0 Å². The lowest BCUT2D eigenvalue weighted by Gasteiger charge is -2.21. The first-order valence-corrected chi connectivity index (χ1v) is 27.9. The Labute approximate surface area is 465 Å². The Balaban J connectivity index is 0.000000166. The predicted octanol–water partition coefficient (Wildman–Crippen LogP) is 20.7. The van der Waals surface area contributed by atoms with Crippen molar-refractivity contribution in [1.82, 2.24) is 9.13 Å². The maximum Gasteiger partial charge on any atom is 0.135 e. The third-order valence-electron chi connectivity index (χ3n) is 17.0. The molecule has 3 heteroatoms. The summed E-state index contributed by atoms with van der Waals surface area (Å²) in [4.78, 5) is 0. The van der Waals surface area contributed by atoms with Crippen molar-refractivity contribution < 1.29 is 4.42 Å². The molecule has 1 aliphatic rings. The highest BCUT2D eigenvalue weighted by atomic mass is 16.3. The molecule has 3 heterocycles. The van der Waals surface area contributed by atoms with E-state index < -0.39 is 0 Å². The number of aromatic nitrogens is 2. The van der Waals surface area contributed by atoms with Gasteiger partial charge in [0.05, 0.1) is 22.1 Å². The van der Waals surface area contributed by atoms with Gasteiger partial charge in [-0.25, -0.2) is 0 Å². The van der Waals surface area contributed by atoms with Gasteiger partial charge in [-0.2, -0.15) is 0 Å². The second-order valence-corrected chi connectivity index (χ2v) is 22.1. The summed E-state index contributed by atoms with van der Waals surface area (Å²) < 4.78 is 11.0. The maximum atomic E-state index is 6.23. The predicted molar refractivity (Wildman–Crippen MR) is 337 cm³/mol. The first-order chi connectivity index (χ1) is 39.3. The molecule has 15 aromatic rings. The molecule has 0 aliphatic heterocycles. The highest BCUT2D eigenvalue weighted by Crippen LogP contribution is 2.50. The van der Waals surface area contributed by atoms with Gasteiger partial charge >= 0.3 is 0 Å². The molecule has 0 saturated carbocycles. The lowest BCUT2D eigenvalue weighted by Crippen LogP contribution is -2.14. The molecule has 380 valence electrons. The van der Waals surface area contributed by atoms with E-state index in [9.17, 15) is 0 Å². The summed E-state index contributed by atoms with van der Waals surface area (Å²) in [5.41, 5.74) is 26.1. The van der Waals surface area contributed by atoms with Gasteiger partial charge in [0, 0.05) is 49.1 Å². The van der Waals surface area contributed by atoms with E-state index in [-0.39, 0.29) is 5.41 Å². The zero-order valence-corrected chi connectivity index (χ0v) is 45.0. The van der Waals surface area contributed by atoms with Crippen LogP contribution in [0.1, 0.15) is 41.7 Å². The fraction of sp³-hybridized carbons (Fsp3) is 0.0649. The van der Waals surface area contributed by atoms with E-state index in [2.05, 4.69) is 303 Å². The second-order valence-electron chi connectivity index (χ2n) is 22.1. The molecule has 0 spiro atoms. The summed E-state index contributed by atoms with van der Waals surface area (Å²) in [6.45, 7) is 6.85. The molecular formula is C77H56N2O. The van der Waals surface area contributed by atoms with E-state index in [1.54, 1.807) is 0 Å². The standard InChI is InChI=1S/C49H32N2O.C28H24/c1-31-11-10-18-48-49(31)42-29-34(22-26-47(42)52-48)32-20-24-44-40(27-32)41-28-33(21-25-45(41)50(44)36-12-4-2-5-13-36)35-19-23-39-38-16-8-9-17-43(38)51(46(39)30-35)37-14-6-3-7-15-37;1-28(2)25-16-7-6-15-24(25)27-23(14-9-17-26(27)28)19-20-10-8-13-22(18-20)21-11-4-3-5-12-21/h2-30H,1H3;3-18H,19H2,1-2H3. The van der Waals surface area contributed by atoms with Crippen LogP contribution >= 0.6 is 0 Å². The van der Waals surface area contributed by atoms with Gasteiger partial charge in [0.15, 0.2) is 0 Å². The molecule has 0 saturated heterocycles. The fourth-order valence-electron chi connectivity index (χ4n) is 13.1. The summed E-state index contributed by atoms with van der Waals surface area (Å²) >= 11 is 0. The molecule has 3 nitrogen and oxygen atoms in total. The Morgan fingerprint density at radius 2 is 0.875 bits per heavy atom. The number of rotatable bonds is 7. The number of fused-ring (bicyclic) bond motifs is 12. The molecule has 80 heavy (non-hydrogen) atoms. The summed E-state index contributed by atoms with van der Waals surface area (Å²) in [5.74, 6) is 0. The monoisotopic (exact) mass is 1020 g/mol. The molecule has 1 aliphatic carbocycles. The fourth-order valence-corrected chi connectivity index (χ4v) is 13.1. The van der Waals surface area contributed by atoms with Crippen molar-refractivity contribution in [2.45, 2.75) is 32.6 Å². The molecule has 16 rings (SSSR count). The summed E-state index contributed by atoms with van der Waals surface area (Å²) in [6.07, 6.45) is 0.953. The minimum Gasteiger partial charge on any atom is -0.456 e. The smallest absolute Gasteiger partial charge is 0.135 e. The van der Waals surface area contributed by atoms with Crippen molar-refractivity contribution in [3.05, 3.63) is 301 Å². The van der Waals surface area contributed by atoms with Crippen molar-refractivity contribution in [1.29, 1.82) is 0 Å². The minimum absolute atomic E-state index is 0.0633. The second kappa shape index (κ2) is 18.9. The summed E-state index contributed by atoms with van der Waals surface area (Å²) in [7, 11) is 0. The van der Waals surface area contributed by atoms with Gasteiger partial charge in [0.2, 0.25) is 0 Å². The van der Waals surface area contributed by atoms with E-state index in [4.69, 9.17) is 4.42 Å². The Bertz CT molecular complexity index is 4880. The number of para-hydroxylation sites is 3. The lowest BCUT2D eigenvalue weighted by molar-refractivity contribution is 0.660. The minimum atomic E-state index is 0.0633. The Kier molecular flexibility index (Phi) is 11.2. The topological polar surface area (TPSA) is 23.0 Å². The van der Waals surface area contributed by atoms with Gasteiger partial charge in [0.25, 0.3) is 0 Å². The molecule has 12 aromatic carbocycles. The van der Waals surface area contributed by atoms with Crippen LogP contribution < -0.4 is 0 Å². The van der Waals surface area contributed by atoms with Gasteiger partial charge in [-0.15, -0.1) is 0 Å². The number of hydrogen-bond acceptors (Lipinski definition) is 1. The van der Waals surface area contributed by atoms with Gasteiger partial charge in [-0.1, -0.05) is 208 Å². The van der Waals surface area contributed by atoms with Gasteiger partial charge in [0.1, 0.15) is 11.2 Å². The van der Waals surface area contributed by atoms with Crippen LogP contribution in [0, 0.1) is 6.92 Å². The molecule has 0 radical (unpaired) electrons. The maximum absolute atomic E-state index is 6.23. The zero-order valence-electron chi connectivity index (χ0n) is 45.0. The van der Waals surface area contributed by atoms with Gasteiger partial charge in [-0.3, -0.25) is 0 Å². The van der Waals surface area contributed by atoms with Crippen LogP contribution in [-0.4, -0.2) is 9.13 Å². The molecule has 0 bridgehead atoms. The number of benzene rings is 12. The van der Waals surface area contributed by atoms with Gasteiger partial charge in [-0.05, 0) is 165 Å². The van der Waals surface area contributed by atoms with Crippen LogP contribution in [-0.2, 0) is 11.8 Å². The van der Waals surface area contributed by atoms with Crippen LogP contribution in [0.2, 0.25) is 0 Å². The number of hydrogen-bond donors (Lipinski definition) is 0. The van der Waals surface area contributed by atoms with Crippen LogP contribution in [0.3, 0.4) is 0 Å². The molecule has 0 N–H and O–H groups in total. The Morgan fingerprint density at radius 3 is 1.61 bits per heavy atom. The first-order valence-electron chi connectivity index (χ1n) is 27.9. The third kappa shape index (κ3) is 7.80. The zero-order chi connectivity index (χ0) is 53.5.